The number of aliphatic hydroxyl groups is 1. The molecule has 0 radical (unpaired) electrons. The smallest absolute Gasteiger partial charge is 0.290 e. The van der Waals surface area contributed by atoms with Gasteiger partial charge in [-0.2, -0.15) is 0 Å². The van der Waals surface area contributed by atoms with E-state index in [-0.39, 0.29) is 5.57 Å². The molecule has 0 aromatic heterocycles. The number of nitrogens with zero attached hydrogens (tertiary/aromatic N) is 1. The molecule has 1 amide bonds. The molecule has 0 spiro atoms. The van der Waals surface area contributed by atoms with E-state index in [1.807, 2.05) is 0 Å². The summed E-state index contributed by atoms with van der Waals surface area (Å²) in [4.78, 5) is 35.6. The predicted molar refractivity (Wildman–Crippen MR) is 72.8 cm³/mol. The molecule has 0 fully saturated rings. The second kappa shape index (κ2) is 5.88. The molecule has 0 saturated carbocycles. The molecule has 1 heterocycles. The van der Waals surface area contributed by atoms with Gasteiger partial charge in [0.1, 0.15) is 5.75 Å². The van der Waals surface area contributed by atoms with Gasteiger partial charge >= 0.3 is 0 Å². The fourth-order valence-electron chi connectivity index (χ4n) is 2.47. The van der Waals surface area contributed by atoms with E-state index < -0.39 is 36.0 Å². The third kappa shape index (κ3) is 2.65. The maximum Gasteiger partial charge on any atom is 0.290 e. The molecule has 22 heavy (non-hydrogen) atoms. The molecule has 116 valence electrons. The SMILES string of the molecule is COc1cccc([C@H]2C(C(C)=O)=C(O)C(=O)N2CC(=O)[O-])c1. The number of methoxy groups -OCH3 is 1. The number of hydrogen-bond acceptors (Lipinski definition) is 6. The van der Waals surface area contributed by atoms with Gasteiger partial charge in [-0.15, -0.1) is 0 Å². The van der Waals surface area contributed by atoms with Crippen molar-refractivity contribution < 1.29 is 29.3 Å². The Hall–Kier alpha value is -2.83. The molecule has 0 aliphatic carbocycles. The molecule has 1 aliphatic heterocycles. The number of hydrogen-bond donors (Lipinski definition) is 1. The van der Waals surface area contributed by atoms with Crippen LogP contribution >= 0.6 is 0 Å². The number of carbonyl (C=O) groups is 3. The lowest BCUT2D eigenvalue weighted by Crippen LogP contribution is -2.41. The molecule has 0 unspecified atom stereocenters. The molecule has 0 bridgehead atoms. The van der Waals surface area contributed by atoms with Gasteiger partial charge in [-0.3, -0.25) is 9.59 Å². The summed E-state index contributed by atoms with van der Waals surface area (Å²) in [6.07, 6.45) is 0. The monoisotopic (exact) mass is 304 g/mol. The number of aliphatic carboxylic acids is 1. The first-order valence-corrected chi connectivity index (χ1v) is 6.45. The van der Waals surface area contributed by atoms with Gasteiger partial charge in [-0.1, -0.05) is 12.1 Å². The molecule has 7 heteroatoms. The highest BCUT2D eigenvalue weighted by atomic mass is 16.5. The van der Waals surface area contributed by atoms with Crippen LogP contribution in [0.2, 0.25) is 0 Å². The highest BCUT2D eigenvalue weighted by Gasteiger charge is 2.42. The van der Waals surface area contributed by atoms with Crippen molar-refractivity contribution in [3.63, 3.8) is 0 Å². The van der Waals surface area contributed by atoms with E-state index in [4.69, 9.17) is 4.74 Å². The first-order valence-electron chi connectivity index (χ1n) is 6.45. The number of ether oxygens (including phenoxy) is 1. The van der Waals surface area contributed by atoms with Gasteiger partial charge in [-0.25, -0.2) is 0 Å². The van der Waals surface area contributed by atoms with E-state index in [1.54, 1.807) is 24.3 Å². The molecular weight excluding hydrogens is 290 g/mol. The number of carboxylic acid groups (broad SMARTS) is 1. The minimum Gasteiger partial charge on any atom is -0.548 e. The Bertz CT molecular complexity index is 678. The lowest BCUT2D eigenvalue weighted by atomic mass is 9.96. The summed E-state index contributed by atoms with van der Waals surface area (Å²) in [7, 11) is 1.46. The minimum absolute atomic E-state index is 0.139. The van der Waals surface area contributed by atoms with Crippen LogP contribution in [0, 0.1) is 0 Å². The van der Waals surface area contributed by atoms with Crippen molar-refractivity contribution in [2.75, 3.05) is 13.7 Å². The largest absolute Gasteiger partial charge is 0.548 e. The van der Waals surface area contributed by atoms with E-state index in [9.17, 15) is 24.6 Å². The minimum atomic E-state index is -1.49. The van der Waals surface area contributed by atoms with Crippen LogP contribution in [0.3, 0.4) is 0 Å². The summed E-state index contributed by atoms with van der Waals surface area (Å²) in [5.41, 5.74) is 0.322. The molecule has 7 nitrogen and oxygen atoms in total. The zero-order valence-corrected chi connectivity index (χ0v) is 12.0. The molecular formula is C15H14NO6-. The number of Topliss-reactive ketones (excluding diaryl/α,β-unsaturated/α-hetero) is 1. The van der Waals surface area contributed by atoms with Crippen LogP contribution in [-0.4, -0.2) is 41.3 Å². The third-order valence-electron chi connectivity index (χ3n) is 3.39. The summed E-state index contributed by atoms with van der Waals surface area (Å²) in [5.74, 6) is -3.17. The van der Waals surface area contributed by atoms with Gasteiger partial charge in [0.15, 0.2) is 11.5 Å². The normalized spacial score (nSPS) is 17.8. The molecule has 0 saturated heterocycles. The average molecular weight is 304 g/mol. The van der Waals surface area contributed by atoms with Gasteiger partial charge in [0, 0.05) is 0 Å². The fourth-order valence-corrected chi connectivity index (χ4v) is 2.47. The van der Waals surface area contributed by atoms with E-state index >= 15 is 0 Å². The van der Waals surface area contributed by atoms with Crippen molar-refractivity contribution >= 4 is 17.7 Å². The van der Waals surface area contributed by atoms with Crippen molar-refractivity contribution in [1.82, 2.24) is 4.90 Å². The van der Waals surface area contributed by atoms with Crippen LogP contribution in [0.15, 0.2) is 35.6 Å². The molecule has 1 aromatic carbocycles. The number of amides is 1. The lowest BCUT2D eigenvalue weighted by Gasteiger charge is -2.27. The van der Waals surface area contributed by atoms with Gasteiger partial charge in [0.2, 0.25) is 0 Å². The number of ketones is 1. The van der Waals surface area contributed by atoms with Crippen LogP contribution in [0.5, 0.6) is 5.75 Å². The van der Waals surface area contributed by atoms with Crippen LogP contribution in [-0.2, 0) is 14.4 Å². The summed E-state index contributed by atoms with van der Waals surface area (Å²) < 4.78 is 5.08. The Morgan fingerprint density at radius 3 is 2.64 bits per heavy atom. The Kier molecular flexibility index (Phi) is 4.16. The maximum atomic E-state index is 12.0. The highest BCUT2D eigenvalue weighted by molar-refractivity contribution is 6.08. The second-order valence-corrected chi connectivity index (χ2v) is 4.80. The first-order chi connectivity index (χ1) is 10.4. The average Bonchev–Trinajstić information content (AvgIpc) is 2.71. The molecule has 1 aromatic rings. The van der Waals surface area contributed by atoms with Gasteiger partial charge in [0.25, 0.3) is 5.91 Å². The number of carboxylic acids is 1. The van der Waals surface area contributed by atoms with E-state index in [0.717, 1.165) is 4.90 Å². The molecule has 1 atom stereocenters. The first kappa shape index (κ1) is 15.6. The van der Waals surface area contributed by atoms with Gasteiger partial charge in [0.05, 0.1) is 31.2 Å². The Morgan fingerprint density at radius 2 is 2.09 bits per heavy atom. The lowest BCUT2D eigenvalue weighted by molar-refractivity contribution is -0.306. The van der Waals surface area contributed by atoms with Crippen molar-refractivity contribution in [2.24, 2.45) is 0 Å². The molecule has 2 rings (SSSR count). The van der Waals surface area contributed by atoms with Crippen molar-refractivity contribution in [3.05, 3.63) is 41.2 Å². The van der Waals surface area contributed by atoms with E-state index in [1.165, 1.54) is 14.0 Å². The predicted octanol–water partition coefficient (Wildman–Crippen LogP) is -0.271. The van der Waals surface area contributed by atoms with Gasteiger partial charge in [-0.05, 0) is 24.6 Å². The fraction of sp³-hybridized carbons (Fsp3) is 0.267. The second-order valence-electron chi connectivity index (χ2n) is 4.80. The number of aliphatic hydroxyl groups excluding tert-OH is 1. The Labute approximate surface area is 126 Å². The van der Waals surface area contributed by atoms with Crippen LogP contribution in [0.25, 0.3) is 0 Å². The summed E-state index contributed by atoms with van der Waals surface area (Å²) >= 11 is 0. The van der Waals surface area contributed by atoms with Crippen molar-refractivity contribution in [2.45, 2.75) is 13.0 Å². The number of benzene rings is 1. The molecule has 1 N–H and O–H groups in total. The Balaban J connectivity index is 2.56. The summed E-state index contributed by atoms with van der Waals surface area (Å²) in [6, 6.07) is 5.51. The molecule has 1 aliphatic rings. The van der Waals surface area contributed by atoms with E-state index in [2.05, 4.69) is 0 Å². The van der Waals surface area contributed by atoms with Crippen molar-refractivity contribution in [1.29, 1.82) is 0 Å². The van der Waals surface area contributed by atoms with E-state index in [0.29, 0.717) is 11.3 Å². The van der Waals surface area contributed by atoms with Crippen molar-refractivity contribution in [3.8, 4) is 5.75 Å². The maximum absolute atomic E-state index is 12.0. The van der Waals surface area contributed by atoms with Crippen LogP contribution in [0.4, 0.5) is 0 Å². The zero-order chi connectivity index (χ0) is 16.4. The van der Waals surface area contributed by atoms with Crippen LogP contribution < -0.4 is 9.84 Å². The Morgan fingerprint density at radius 1 is 1.41 bits per heavy atom. The zero-order valence-electron chi connectivity index (χ0n) is 12.0. The van der Waals surface area contributed by atoms with Gasteiger partial charge < -0.3 is 24.6 Å². The summed E-state index contributed by atoms with van der Waals surface area (Å²) in [5, 5.41) is 20.8. The number of carbonyl (C=O) groups excluding carboxylic acids is 3. The quantitative estimate of drug-likeness (QED) is 0.802. The summed E-state index contributed by atoms with van der Waals surface area (Å²) in [6.45, 7) is 0.468. The topological polar surface area (TPSA) is 107 Å². The third-order valence-corrected chi connectivity index (χ3v) is 3.39. The van der Waals surface area contributed by atoms with Crippen LogP contribution in [0.1, 0.15) is 18.5 Å². The number of rotatable bonds is 5. The standard InChI is InChI=1S/C15H15NO6/c1-8(17)12-13(9-4-3-5-10(6-9)22-2)16(7-11(18)19)15(21)14(12)20/h3-6,13,20H,7H2,1-2H3,(H,18,19)/p-1/t13-/m0/s1. The highest BCUT2D eigenvalue weighted by Crippen LogP contribution is 2.38.